The second-order valence-electron chi connectivity index (χ2n) is 4.10. The number of likely N-dealkylation sites (tertiary alicyclic amines) is 1. The molecule has 0 bridgehead atoms. The summed E-state index contributed by atoms with van der Waals surface area (Å²) in [5, 5.41) is 8.56. The molecule has 0 aromatic rings. The van der Waals surface area contributed by atoms with Crippen LogP contribution in [0, 0.1) is 11.8 Å². The number of carboxylic acids is 1. The lowest BCUT2D eigenvalue weighted by Gasteiger charge is -2.13. The predicted molar refractivity (Wildman–Crippen MR) is 53.2 cm³/mol. The van der Waals surface area contributed by atoms with Crippen LogP contribution in [0.3, 0.4) is 0 Å². The van der Waals surface area contributed by atoms with Crippen molar-refractivity contribution in [2.45, 2.75) is 13.3 Å². The smallest absolute Gasteiger partial charge is 0.304 e. The fourth-order valence-corrected chi connectivity index (χ4v) is 2.01. The van der Waals surface area contributed by atoms with Crippen molar-refractivity contribution in [2.75, 3.05) is 33.4 Å². The van der Waals surface area contributed by atoms with E-state index < -0.39 is 5.97 Å². The van der Waals surface area contributed by atoms with Gasteiger partial charge in [0.05, 0.1) is 13.0 Å². The molecule has 0 radical (unpaired) electrons. The molecule has 4 nitrogen and oxygen atoms in total. The van der Waals surface area contributed by atoms with Crippen LogP contribution in [0.2, 0.25) is 0 Å². The number of carboxylic acid groups (broad SMARTS) is 1. The number of rotatable bonds is 5. The molecule has 0 saturated carbocycles. The van der Waals surface area contributed by atoms with Gasteiger partial charge in [0, 0.05) is 26.7 Å². The first-order valence-corrected chi connectivity index (χ1v) is 5.06. The van der Waals surface area contributed by atoms with Crippen molar-refractivity contribution in [3.8, 4) is 0 Å². The highest BCUT2D eigenvalue weighted by Gasteiger charge is 2.29. The fourth-order valence-electron chi connectivity index (χ4n) is 2.01. The molecule has 2 atom stereocenters. The van der Waals surface area contributed by atoms with Crippen LogP contribution in [0.4, 0.5) is 0 Å². The summed E-state index contributed by atoms with van der Waals surface area (Å²) >= 11 is 0. The van der Waals surface area contributed by atoms with E-state index in [2.05, 4.69) is 11.8 Å². The van der Waals surface area contributed by atoms with E-state index in [0.717, 1.165) is 19.7 Å². The van der Waals surface area contributed by atoms with Crippen molar-refractivity contribution < 1.29 is 14.6 Å². The van der Waals surface area contributed by atoms with Crippen LogP contribution in [0.5, 0.6) is 0 Å². The molecule has 0 aliphatic carbocycles. The Balaban J connectivity index is 2.27. The summed E-state index contributed by atoms with van der Waals surface area (Å²) in [5.41, 5.74) is 0. The van der Waals surface area contributed by atoms with E-state index in [1.807, 2.05) is 0 Å². The Morgan fingerprint density at radius 3 is 2.86 bits per heavy atom. The maximum Gasteiger partial charge on any atom is 0.304 e. The quantitative estimate of drug-likeness (QED) is 0.710. The summed E-state index contributed by atoms with van der Waals surface area (Å²) < 4.78 is 5.13. The number of ether oxygens (including phenoxy) is 1. The Bertz CT molecular complexity index is 196. The van der Waals surface area contributed by atoms with Crippen LogP contribution in [0.25, 0.3) is 0 Å². The molecule has 14 heavy (non-hydrogen) atoms. The van der Waals surface area contributed by atoms with Crippen LogP contribution < -0.4 is 0 Å². The molecule has 1 aliphatic heterocycles. The van der Waals surface area contributed by atoms with Gasteiger partial charge in [-0.1, -0.05) is 6.92 Å². The lowest BCUT2D eigenvalue weighted by atomic mass is 10.00. The average molecular weight is 201 g/mol. The van der Waals surface area contributed by atoms with E-state index in [1.54, 1.807) is 7.11 Å². The first-order valence-electron chi connectivity index (χ1n) is 5.06. The van der Waals surface area contributed by atoms with E-state index >= 15 is 0 Å². The molecule has 0 spiro atoms. The second-order valence-corrected chi connectivity index (χ2v) is 4.10. The minimum absolute atomic E-state index is 0.242. The molecule has 1 fully saturated rings. The van der Waals surface area contributed by atoms with Crippen molar-refractivity contribution in [3.05, 3.63) is 0 Å². The van der Waals surface area contributed by atoms with E-state index in [1.165, 1.54) is 0 Å². The molecule has 0 aromatic heterocycles. The number of hydrogen-bond donors (Lipinski definition) is 1. The van der Waals surface area contributed by atoms with E-state index in [0.29, 0.717) is 18.4 Å². The van der Waals surface area contributed by atoms with Crippen LogP contribution in [-0.2, 0) is 9.53 Å². The van der Waals surface area contributed by atoms with Crippen molar-refractivity contribution in [2.24, 2.45) is 11.8 Å². The van der Waals surface area contributed by atoms with Crippen LogP contribution in [0.15, 0.2) is 0 Å². The van der Waals surface area contributed by atoms with Gasteiger partial charge in [-0.05, 0) is 11.8 Å². The van der Waals surface area contributed by atoms with E-state index in [-0.39, 0.29) is 6.42 Å². The van der Waals surface area contributed by atoms with Gasteiger partial charge >= 0.3 is 5.97 Å². The molecule has 1 heterocycles. The largest absolute Gasteiger partial charge is 0.481 e. The summed E-state index contributed by atoms with van der Waals surface area (Å²) in [6.45, 7) is 5.62. The van der Waals surface area contributed by atoms with Crippen LogP contribution in [-0.4, -0.2) is 49.3 Å². The molecule has 4 heteroatoms. The zero-order chi connectivity index (χ0) is 10.6. The van der Waals surface area contributed by atoms with Gasteiger partial charge in [-0.3, -0.25) is 4.79 Å². The maximum absolute atomic E-state index is 10.4. The van der Waals surface area contributed by atoms with Gasteiger partial charge in [-0.25, -0.2) is 0 Å². The standard InChI is InChI=1S/C10H19NO3/c1-8-5-11(4-3-10(12)13)6-9(8)7-14-2/h8-9H,3-7H2,1-2H3,(H,12,13)/t8-,9+/m0/s1. The highest BCUT2D eigenvalue weighted by molar-refractivity contribution is 5.66. The molecule has 0 aromatic carbocycles. The lowest BCUT2D eigenvalue weighted by molar-refractivity contribution is -0.137. The molecule has 1 aliphatic rings. The van der Waals surface area contributed by atoms with Gasteiger partial charge in [-0.15, -0.1) is 0 Å². The lowest BCUT2D eigenvalue weighted by Crippen LogP contribution is -2.24. The highest BCUT2D eigenvalue weighted by atomic mass is 16.5. The zero-order valence-electron chi connectivity index (χ0n) is 8.90. The number of hydrogen-bond acceptors (Lipinski definition) is 3. The molecule has 1 saturated heterocycles. The third-order valence-electron chi connectivity index (χ3n) is 2.87. The number of aliphatic carboxylic acids is 1. The zero-order valence-corrected chi connectivity index (χ0v) is 8.90. The van der Waals surface area contributed by atoms with Crippen LogP contribution in [0.1, 0.15) is 13.3 Å². The molecule has 1 rings (SSSR count). The van der Waals surface area contributed by atoms with Gasteiger partial charge in [0.1, 0.15) is 0 Å². The highest BCUT2D eigenvalue weighted by Crippen LogP contribution is 2.22. The monoisotopic (exact) mass is 201 g/mol. The van der Waals surface area contributed by atoms with Crippen LogP contribution >= 0.6 is 0 Å². The molecular weight excluding hydrogens is 182 g/mol. The topological polar surface area (TPSA) is 49.8 Å². The van der Waals surface area contributed by atoms with Crippen molar-refractivity contribution in [3.63, 3.8) is 0 Å². The Kier molecular flexibility index (Phi) is 4.35. The number of nitrogens with zero attached hydrogens (tertiary/aromatic N) is 1. The first-order chi connectivity index (χ1) is 6.63. The molecule has 0 unspecified atom stereocenters. The molecule has 1 N–H and O–H groups in total. The van der Waals surface area contributed by atoms with Crippen molar-refractivity contribution in [1.82, 2.24) is 4.90 Å². The fraction of sp³-hybridized carbons (Fsp3) is 0.900. The number of methoxy groups -OCH3 is 1. The van der Waals surface area contributed by atoms with E-state index in [9.17, 15) is 4.79 Å². The number of carbonyl (C=O) groups is 1. The van der Waals surface area contributed by atoms with E-state index in [4.69, 9.17) is 9.84 Å². The molecule has 82 valence electrons. The normalized spacial score (nSPS) is 28.1. The summed E-state index contributed by atoms with van der Waals surface area (Å²) in [7, 11) is 1.71. The predicted octanol–water partition coefficient (Wildman–Crippen LogP) is 0.675. The summed E-state index contributed by atoms with van der Waals surface area (Å²) in [5.74, 6) is 0.463. The Labute approximate surface area is 84.8 Å². The average Bonchev–Trinajstić information content (AvgIpc) is 2.45. The van der Waals surface area contributed by atoms with Gasteiger partial charge in [0.25, 0.3) is 0 Å². The third kappa shape index (κ3) is 3.27. The van der Waals surface area contributed by atoms with Gasteiger partial charge < -0.3 is 14.7 Å². The Morgan fingerprint density at radius 2 is 2.29 bits per heavy atom. The summed E-state index contributed by atoms with van der Waals surface area (Å²) in [4.78, 5) is 12.6. The minimum atomic E-state index is -0.715. The third-order valence-corrected chi connectivity index (χ3v) is 2.87. The Hall–Kier alpha value is -0.610. The van der Waals surface area contributed by atoms with Gasteiger partial charge in [0.2, 0.25) is 0 Å². The van der Waals surface area contributed by atoms with Crippen molar-refractivity contribution >= 4 is 5.97 Å². The van der Waals surface area contributed by atoms with Crippen molar-refractivity contribution in [1.29, 1.82) is 0 Å². The summed E-state index contributed by atoms with van der Waals surface area (Å²) in [6, 6.07) is 0. The molecular formula is C10H19NO3. The summed E-state index contributed by atoms with van der Waals surface area (Å²) in [6.07, 6.45) is 0.242. The maximum atomic E-state index is 10.4. The minimum Gasteiger partial charge on any atom is -0.481 e. The second kappa shape index (κ2) is 5.32. The Morgan fingerprint density at radius 1 is 1.57 bits per heavy atom. The first kappa shape index (κ1) is 11.5. The SMILES string of the molecule is COC[C@H]1CN(CCC(=O)O)C[C@@H]1C. The van der Waals surface area contributed by atoms with Gasteiger partial charge in [0.15, 0.2) is 0 Å². The molecule has 0 amide bonds. The van der Waals surface area contributed by atoms with Gasteiger partial charge in [-0.2, -0.15) is 0 Å².